The number of nitrogens with two attached hydrogens (primary N) is 1. The molecule has 5 nitrogen and oxygen atoms in total. The summed E-state index contributed by atoms with van der Waals surface area (Å²) >= 11 is 0. The molecule has 0 aliphatic heterocycles. The second-order valence-corrected chi connectivity index (χ2v) is 8.71. The number of benzene rings is 2. The molecule has 0 aromatic heterocycles. The van der Waals surface area contributed by atoms with Gasteiger partial charge in [-0.25, -0.2) is 8.42 Å². The number of nitrogen functional groups attached to an aromatic ring is 1. The van der Waals surface area contributed by atoms with Gasteiger partial charge in [0.15, 0.2) is 15.6 Å². The Bertz CT molecular complexity index is 902. The molecule has 0 heterocycles. The Morgan fingerprint density at radius 3 is 2.15 bits per heavy atom. The van der Waals surface area contributed by atoms with Crippen molar-refractivity contribution in [1.29, 1.82) is 0 Å². The fourth-order valence-electron chi connectivity index (χ4n) is 2.81. The number of ketones is 2. The lowest BCUT2D eigenvalue weighted by atomic mass is 10.0. The molecule has 144 valence electrons. The van der Waals surface area contributed by atoms with E-state index in [0.717, 1.165) is 24.7 Å². The molecule has 0 fully saturated rings. The lowest BCUT2D eigenvalue weighted by molar-refractivity contribution is -0.118. The van der Waals surface area contributed by atoms with Gasteiger partial charge in [0, 0.05) is 36.8 Å². The third kappa shape index (κ3) is 6.64. The highest BCUT2D eigenvalue weighted by molar-refractivity contribution is 7.90. The predicted molar refractivity (Wildman–Crippen MR) is 107 cm³/mol. The fourth-order valence-corrected chi connectivity index (χ4v) is 3.44. The van der Waals surface area contributed by atoms with Crippen LogP contribution in [0.5, 0.6) is 0 Å². The first-order chi connectivity index (χ1) is 12.8. The molecular weight excluding hydrogens is 362 g/mol. The number of carbonyl (C=O) groups excluding carboxylic acids is 2. The Balaban J connectivity index is 1.70. The second-order valence-electron chi connectivity index (χ2n) is 6.69. The Kier molecular flexibility index (Phi) is 7.30. The molecule has 0 aliphatic carbocycles. The van der Waals surface area contributed by atoms with E-state index in [1.165, 1.54) is 12.1 Å². The smallest absolute Gasteiger partial charge is 0.175 e. The number of rotatable bonds is 10. The highest BCUT2D eigenvalue weighted by Gasteiger charge is 2.10. The largest absolute Gasteiger partial charge is 0.398 e. The third-order valence-electron chi connectivity index (χ3n) is 4.41. The summed E-state index contributed by atoms with van der Waals surface area (Å²) in [6.45, 7) is 0. The van der Waals surface area contributed by atoms with Crippen molar-refractivity contribution in [2.24, 2.45) is 0 Å². The topological polar surface area (TPSA) is 94.3 Å². The summed E-state index contributed by atoms with van der Waals surface area (Å²) in [5.41, 5.74) is 7.85. The van der Waals surface area contributed by atoms with Crippen LogP contribution >= 0.6 is 0 Å². The lowest BCUT2D eigenvalue weighted by Crippen LogP contribution is -2.05. The molecule has 0 bridgehead atoms. The number of para-hydroxylation sites is 1. The molecule has 6 heteroatoms. The molecule has 0 spiro atoms. The van der Waals surface area contributed by atoms with E-state index in [4.69, 9.17) is 5.73 Å². The maximum Gasteiger partial charge on any atom is 0.175 e. The number of hydrogen-bond acceptors (Lipinski definition) is 5. The first kappa shape index (κ1) is 20.8. The predicted octanol–water partition coefficient (Wildman–Crippen LogP) is 3.62. The van der Waals surface area contributed by atoms with E-state index in [1.54, 1.807) is 18.2 Å². The van der Waals surface area contributed by atoms with E-state index < -0.39 is 9.84 Å². The summed E-state index contributed by atoms with van der Waals surface area (Å²) in [5.74, 6) is 0.133. The molecule has 0 saturated carbocycles. The van der Waals surface area contributed by atoms with Crippen LogP contribution in [0, 0.1) is 0 Å². The van der Waals surface area contributed by atoms with Gasteiger partial charge in [0.2, 0.25) is 0 Å². The number of Topliss-reactive ketones (excluding diaryl/α,β-unsaturated/α-hetero) is 2. The van der Waals surface area contributed by atoms with Crippen molar-refractivity contribution in [3.8, 4) is 0 Å². The minimum atomic E-state index is -3.25. The zero-order valence-corrected chi connectivity index (χ0v) is 16.3. The molecule has 2 N–H and O–H groups in total. The number of unbranched alkanes of at least 4 members (excludes halogenated alkanes) is 2. The minimum absolute atomic E-state index is 0.0153. The minimum Gasteiger partial charge on any atom is -0.398 e. The Morgan fingerprint density at radius 2 is 1.52 bits per heavy atom. The summed E-state index contributed by atoms with van der Waals surface area (Å²) in [6.07, 6.45) is 4.58. The van der Waals surface area contributed by atoms with Crippen LogP contribution in [0.3, 0.4) is 0 Å². The summed E-state index contributed by atoms with van der Waals surface area (Å²) in [7, 11) is -3.25. The van der Waals surface area contributed by atoms with E-state index in [-0.39, 0.29) is 16.5 Å². The van der Waals surface area contributed by atoms with Crippen LogP contribution < -0.4 is 5.73 Å². The van der Waals surface area contributed by atoms with Crippen molar-refractivity contribution in [2.45, 2.75) is 43.4 Å². The average Bonchev–Trinajstić information content (AvgIpc) is 2.62. The van der Waals surface area contributed by atoms with Crippen LogP contribution in [0.4, 0.5) is 5.69 Å². The molecule has 27 heavy (non-hydrogen) atoms. The van der Waals surface area contributed by atoms with Gasteiger partial charge in [0.25, 0.3) is 0 Å². The van der Waals surface area contributed by atoms with E-state index in [0.29, 0.717) is 36.9 Å². The first-order valence-electron chi connectivity index (χ1n) is 8.96. The number of anilines is 1. The van der Waals surface area contributed by atoms with Crippen LogP contribution in [0.15, 0.2) is 53.4 Å². The van der Waals surface area contributed by atoms with Crippen LogP contribution in [0.25, 0.3) is 0 Å². The Morgan fingerprint density at radius 1 is 0.889 bits per heavy atom. The second kappa shape index (κ2) is 9.46. The zero-order chi connectivity index (χ0) is 19.9. The zero-order valence-electron chi connectivity index (χ0n) is 15.5. The molecule has 0 unspecified atom stereocenters. The van der Waals surface area contributed by atoms with Gasteiger partial charge in [-0.2, -0.15) is 0 Å². The highest BCUT2D eigenvalue weighted by Crippen LogP contribution is 2.15. The van der Waals surface area contributed by atoms with Gasteiger partial charge in [0.05, 0.1) is 4.90 Å². The Labute approximate surface area is 160 Å². The van der Waals surface area contributed by atoms with Gasteiger partial charge in [-0.3, -0.25) is 9.59 Å². The molecule has 0 aliphatic rings. The maximum atomic E-state index is 12.2. The molecule has 0 atom stereocenters. The van der Waals surface area contributed by atoms with Crippen molar-refractivity contribution in [3.63, 3.8) is 0 Å². The number of sulfone groups is 1. The van der Waals surface area contributed by atoms with E-state index in [1.807, 2.05) is 18.2 Å². The van der Waals surface area contributed by atoms with Crippen molar-refractivity contribution in [3.05, 3.63) is 59.7 Å². The lowest BCUT2D eigenvalue weighted by Gasteiger charge is -2.05. The van der Waals surface area contributed by atoms with E-state index in [2.05, 4.69) is 0 Å². The van der Waals surface area contributed by atoms with Crippen molar-refractivity contribution in [1.82, 2.24) is 0 Å². The normalized spacial score (nSPS) is 11.3. The van der Waals surface area contributed by atoms with Crippen LogP contribution in [0.2, 0.25) is 0 Å². The van der Waals surface area contributed by atoms with E-state index in [9.17, 15) is 18.0 Å². The summed E-state index contributed by atoms with van der Waals surface area (Å²) in [5, 5.41) is 0. The van der Waals surface area contributed by atoms with Crippen molar-refractivity contribution >= 4 is 27.1 Å². The van der Waals surface area contributed by atoms with Crippen LogP contribution in [-0.2, 0) is 21.1 Å². The molecule has 2 aromatic carbocycles. The molecule has 0 amide bonds. The maximum absolute atomic E-state index is 12.2. The van der Waals surface area contributed by atoms with Gasteiger partial charge in [-0.05, 0) is 36.6 Å². The van der Waals surface area contributed by atoms with Gasteiger partial charge in [-0.1, -0.05) is 36.8 Å². The molecule has 2 aromatic rings. The monoisotopic (exact) mass is 387 g/mol. The number of carbonyl (C=O) groups is 2. The molecule has 0 saturated heterocycles. The summed E-state index contributed by atoms with van der Waals surface area (Å²) in [4.78, 5) is 24.4. The SMILES string of the molecule is CS(=O)(=O)c1ccc(C(=O)CCCCCC(=O)Cc2ccccc2N)cc1. The van der Waals surface area contributed by atoms with Gasteiger partial charge < -0.3 is 5.73 Å². The third-order valence-corrected chi connectivity index (χ3v) is 5.54. The van der Waals surface area contributed by atoms with Crippen molar-refractivity contribution < 1.29 is 18.0 Å². The standard InChI is InChI=1S/C21H25NO4S/c1-27(25,26)19-13-11-16(12-14-19)21(24)10-4-2-3-8-18(23)15-17-7-5-6-9-20(17)22/h5-7,9,11-14H,2-4,8,10,15,22H2,1H3. The molecule has 0 radical (unpaired) electrons. The van der Waals surface area contributed by atoms with Gasteiger partial charge >= 0.3 is 0 Å². The highest BCUT2D eigenvalue weighted by atomic mass is 32.2. The Hall–Kier alpha value is -2.47. The van der Waals surface area contributed by atoms with E-state index >= 15 is 0 Å². The first-order valence-corrected chi connectivity index (χ1v) is 10.8. The van der Waals surface area contributed by atoms with Crippen LogP contribution in [-0.4, -0.2) is 26.2 Å². The quantitative estimate of drug-likeness (QED) is 0.382. The van der Waals surface area contributed by atoms with Crippen LogP contribution in [0.1, 0.15) is 48.0 Å². The summed E-state index contributed by atoms with van der Waals surface area (Å²) < 4.78 is 22.9. The van der Waals surface area contributed by atoms with Gasteiger partial charge in [-0.15, -0.1) is 0 Å². The average molecular weight is 388 g/mol. The molecule has 2 rings (SSSR count). The molecular formula is C21H25NO4S. The summed E-state index contributed by atoms with van der Waals surface area (Å²) in [6, 6.07) is 13.4. The number of hydrogen-bond donors (Lipinski definition) is 1. The van der Waals surface area contributed by atoms with Gasteiger partial charge in [0.1, 0.15) is 5.78 Å². The van der Waals surface area contributed by atoms with Crippen molar-refractivity contribution in [2.75, 3.05) is 12.0 Å². The fraction of sp³-hybridized carbons (Fsp3) is 0.333.